The zero-order valence-electron chi connectivity index (χ0n) is 11.9. The minimum Gasteiger partial charge on any atom is -0.357 e. The minimum atomic E-state index is -0.193. The van der Waals surface area contributed by atoms with Crippen LogP contribution in [0.5, 0.6) is 0 Å². The molecule has 0 unspecified atom stereocenters. The van der Waals surface area contributed by atoms with E-state index in [4.69, 9.17) is 0 Å². The second-order valence-corrected chi connectivity index (χ2v) is 5.75. The van der Waals surface area contributed by atoms with Gasteiger partial charge >= 0.3 is 0 Å². The quantitative estimate of drug-likeness (QED) is 0.696. The molecule has 21 heavy (non-hydrogen) atoms. The van der Waals surface area contributed by atoms with Crippen LogP contribution in [0.4, 0.5) is 4.39 Å². The zero-order chi connectivity index (χ0) is 14.4. The third-order valence-electron chi connectivity index (χ3n) is 4.31. The standard InChI is InChI=1S/C18H17FN2/c1-11-2-7-16-15(10-11)14-8-9-20-17(18(14)21-16)12-3-5-13(19)6-4-12/h2-7,10,17,20-21H,8-9H2,1H3/t17-/m0/s1. The average molecular weight is 280 g/mol. The molecule has 1 aliphatic rings. The summed E-state index contributed by atoms with van der Waals surface area (Å²) in [4.78, 5) is 3.55. The van der Waals surface area contributed by atoms with E-state index in [-0.39, 0.29) is 11.9 Å². The molecule has 2 aromatic carbocycles. The molecule has 0 fully saturated rings. The van der Waals surface area contributed by atoms with Gasteiger partial charge in [0.25, 0.3) is 0 Å². The molecular weight excluding hydrogens is 263 g/mol. The Balaban J connectivity index is 1.88. The van der Waals surface area contributed by atoms with Crippen molar-refractivity contribution in [1.82, 2.24) is 10.3 Å². The maximum absolute atomic E-state index is 13.1. The lowest BCUT2D eigenvalue weighted by molar-refractivity contribution is 0.558. The Morgan fingerprint density at radius 1 is 1.10 bits per heavy atom. The van der Waals surface area contributed by atoms with E-state index >= 15 is 0 Å². The number of rotatable bonds is 1. The Bertz CT molecular complexity index is 802. The smallest absolute Gasteiger partial charge is 0.123 e. The summed E-state index contributed by atoms with van der Waals surface area (Å²) in [6.07, 6.45) is 1.02. The first-order valence-corrected chi connectivity index (χ1v) is 7.32. The van der Waals surface area contributed by atoms with Gasteiger partial charge in [0, 0.05) is 23.1 Å². The molecule has 1 atom stereocenters. The van der Waals surface area contributed by atoms with Gasteiger partial charge in [0.1, 0.15) is 5.82 Å². The van der Waals surface area contributed by atoms with Crippen molar-refractivity contribution >= 4 is 10.9 Å². The molecular formula is C18H17FN2. The van der Waals surface area contributed by atoms with Crippen molar-refractivity contribution in [3.05, 3.63) is 70.7 Å². The van der Waals surface area contributed by atoms with E-state index < -0.39 is 0 Å². The molecule has 1 aromatic heterocycles. The van der Waals surface area contributed by atoms with Gasteiger partial charge < -0.3 is 10.3 Å². The number of benzene rings is 2. The van der Waals surface area contributed by atoms with Crippen molar-refractivity contribution in [3.8, 4) is 0 Å². The summed E-state index contributed by atoms with van der Waals surface area (Å²) in [5, 5.41) is 4.85. The van der Waals surface area contributed by atoms with Crippen molar-refractivity contribution in [2.24, 2.45) is 0 Å². The van der Waals surface area contributed by atoms with E-state index in [0.29, 0.717) is 0 Å². The highest BCUT2D eigenvalue weighted by Crippen LogP contribution is 2.33. The second-order valence-electron chi connectivity index (χ2n) is 5.75. The summed E-state index contributed by atoms with van der Waals surface area (Å²) in [5.41, 5.74) is 6.17. The largest absolute Gasteiger partial charge is 0.357 e. The van der Waals surface area contributed by atoms with E-state index in [9.17, 15) is 4.39 Å². The molecule has 0 radical (unpaired) electrons. The molecule has 2 heterocycles. The highest BCUT2D eigenvalue weighted by atomic mass is 19.1. The number of halogens is 1. The molecule has 2 N–H and O–H groups in total. The van der Waals surface area contributed by atoms with E-state index in [2.05, 4.69) is 35.4 Å². The van der Waals surface area contributed by atoms with Crippen LogP contribution in [0.2, 0.25) is 0 Å². The predicted molar refractivity (Wildman–Crippen MR) is 83.0 cm³/mol. The number of aryl methyl sites for hydroxylation is 1. The zero-order valence-corrected chi connectivity index (χ0v) is 11.9. The first-order chi connectivity index (χ1) is 10.2. The molecule has 0 saturated carbocycles. The minimum absolute atomic E-state index is 0.113. The SMILES string of the molecule is Cc1ccc2[nH]c3c(c2c1)CCN[C@H]3c1ccc(F)cc1. The number of nitrogens with one attached hydrogen (secondary N) is 2. The highest BCUT2D eigenvalue weighted by Gasteiger charge is 2.25. The molecule has 0 spiro atoms. The number of aromatic amines is 1. The van der Waals surface area contributed by atoms with Crippen LogP contribution < -0.4 is 5.32 Å². The summed E-state index contributed by atoms with van der Waals surface area (Å²) in [6.45, 7) is 3.06. The maximum atomic E-state index is 13.1. The van der Waals surface area contributed by atoms with Gasteiger partial charge in [-0.15, -0.1) is 0 Å². The number of hydrogen-bond acceptors (Lipinski definition) is 1. The lowest BCUT2D eigenvalue weighted by Gasteiger charge is -2.24. The van der Waals surface area contributed by atoms with Gasteiger partial charge in [-0.1, -0.05) is 23.8 Å². The Morgan fingerprint density at radius 3 is 2.71 bits per heavy atom. The normalized spacial score (nSPS) is 17.9. The molecule has 0 amide bonds. The van der Waals surface area contributed by atoms with E-state index in [1.165, 1.54) is 39.9 Å². The third-order valence-corrected chi connectivity index (χ3v) is 4.31. The Morgan fingerprint density at radius 2 is 1.90 bits per heavy atom. The average Bonchev–Trinajstić information content (AvgIpc) is 2.86. The van der Waals surface area contributed by atoms with Crippen LogP contribution in [0, 0.1) is 12.7 Å². The second kappa shape index (κ2) is 4.71. The van der Waals surface area contributed by atoms with Gasteiger partial charge in [0.05, 0.1) is 6.04 Å². The summed E-state index contributed by atoms with van der Waals surface area (Å²) in [5.74, 6) is -0.193. The van der Waals surface area contributed by atoms with E-state index in [0.717, 1.165) is 18.5 Å². The fourth-order valence-electron chi connectivity index (χ4n) is 3.28. The van der Waals surface area contributed by atoms with Gasteiger partial charge in [-0.05, 0) is 48.7 Å². The molecule has 0 saturated heterocycles. The predicted octanol–water partition coefficient (Wildman–Crippen LogP) is 3.85. The van der Waals surface area contributed by atoms with Crippen LogP contribution in [0.1, 0.15) is 28.4 Å². The van der Waals surface area contributed by atoms with Crippen molar-refractivity contribution in [3.63, 3.8) is 0 Å². The summed E-state index contributed by atoms with van der Waals surface area (Å²) < 4.78 is 13.1. The van der Waals surface area contributed by atoms with Crippen LogP contribution in [0.15, 0.2) is 42.5 Å². The number of aromatic nitrogens is 1. The molecule has 3 aromatic rings. The lowest BCUT2D eigenvalue weighted by atomic mass is 9.94. The summed E-state index contributed by atoms with van der Waals surface area (Å²) in [6, 6.07) is 13.4. The third kappa shape index (κ3) is 2.05. The fraction of sp³-hybridized carbons (Fsp3) is 0.222. The molecule has 3 heteroatoms. The molecule has 1 aliphatic heterocycles. The van der Waals surface area contributed by atoms with Crippen LogP contribution >= 0.6 is 0 Å². The number of H-pyrrole nitrogens is 1. The van der Waals surface area contributed by atoms with Gasteiger partial charge in [0.2, 0.25) is 0 Å². The fourth-order valence-corrected chi connectivity index (χ4v) is 3.28. The summed E-state index contributed by atoms with van der Waals surface area (Å²) in [7, 11) is 0. The highest BCUT2D eigenvalue weighted by molar-refractivity contribution is 5.86. The van der Waals surface area contributed by atoms with Crippen molar-refractivity contribution in [2.45, 2.75) is 19.4 Å². The molecule has 0 aliphatic carbocycles. The van der Waals surface area contributed by atoms with Gasteiger partial charge in [-0.25, -0.2) is 4.39 Å². The van der Waals surface area contributed by atoms with Crippen LogP contribution in [0.3, 0.4) is 0 Å². The van der Waals surface area contributed by atoms with Gasteiger partial charge in [-0.3, -0.25) is 0 Å². The van der Waals surface area contributed by atoms with Crippen LogP contribution in [-0.4, -0.2) is 11.5 Å². The van der Waals surface area contributed by atoms with Gasteiger partial charge in [0.15, 0.2) is 0 Å². The molecule has 2 nitrogen and oxygen atoms in total. The summed E-state index contributed by atoms with van der Waals surface area (Å²) >= 11 is 0. The van der Waals surface area contributed by atoms with E-state index in [1.54, 1.807) is 0 Å². The Kier molecular flexibility index (Phi) is 2.82. The topological polar surface area (TPSA) is 27.8 Å². The lowest BCUT2D eigenvalue weighted by Crippen LogP contribution is -2.30. The Hall–Kier alpha value is -2.13. The first kappa shape index (κ1) is 12.6. The van der Waals surface area contributed by atoms with Gasteiger partial charge in [-0.2, -0.15) is 0 Å². The monoisotopic (exact) mass is 280 g/mol. The van der Waals surface area contributed by atoms with Crippen molar-refractivity contribution in [2.75, 3.05) is 6.54 Å². The first-order valence-electron chi connectivity index (χ1n) is 7.32. The van der Waals surface area contributed by atoms with E-state index in [1.807, 2.05) is 12.1 Å². The molecule has 0 bridgehead atoms. The maximum Gasteiger partial charge on any atom is 0.123 e. The van der Waals surface area contributed by atoms with Crippen molar-refractivity contribution < 1.29 is 4.39 Å². The van der Waals surface area contributed by atoms with Crippen LogP contribution in [0.25, 0.3) is 10.9 Å². The molecule has 4 rings (SSSR count). The number of hydrogen-bond donors (Lipinski definition) is 2. The van der Waals surface area contributed by atoms with Crippen LogP contribution in [-0.2, 0) is 6.42 Å². The van der Waals surface area contributed by atoms with Crippen molar-refractivity contribution in [1.29, 1.82) is 0 Å². The number of fused-ring (bicyclic) bond motifs is 3. The Labute approximate surface area is 123 Å². The molecule has 106 valence electrons.